The molecule has 0 atom stereocenters. The first kappa shape index (κ1) is 16.8. The van der Waals surface area contributed by atoms with E-state index in [4.69, 9.17) is 0 Å². The Morgan fingerprint density at radius 2 is 1.87 bits per heavy atom. The van der Waals surface area contributed by atoms with Gasteiger partial charge in [0, 0.05) is 32.0 Å². The molecule has 23 heavy (non-hydrogen) atoms. The maximum Gasteiger partial charge on any atom is 0.337 e. The van der Waals surface area contributed by atoms with Crippen LogP contribution in [0.4, 0.5) is 0 Å². The minimum absolute atomic E-state index is 0.0899. The third kappa shape index (κ3) is 3.80. The van der Waals surface area contributed by atoms with Crippen LogP contribution in [-0.4, -0.2) is 33.5 Å². The van der Waals surface area contributed by atoms with Gasteiger partial charge in [-0.15, -0.1) is 0 Å². The lowest BCUT2D eigenvalue weighted by Crippen LogP contribution is -2.29. The average Bonchev–Trinajstić information content (AvgIpc) is 2.83. The zero-order chi connectivity index (χ0) is 17.0. The van der Waals surface area contributed by atoms with Gasteiger partial charge in [0.1, 0.15) is 0 Å². The third-order valence-electron chi connectivity index (χ3n) is 3.94. The Kier molecular flexibility index (Phi) is 5.21. The Morgan fingerprint density at radius 1 is 1.22 bits per heavy atom. The van der Waals surface area contributed by atoms with Gasteiger partial charge in [-0.05, 0) is 25.0 Å². The summed E-state index contributed by atoms with van der Waals surface area (Å²) in [4.78, 5) is 25.6. The zero-order valence-corrected chi connectivity index (χ0v) is 13.7. The van der Waals surface area contributed by atoms with Crippen LogP contribution < -0.4 is 0 Å². The molecule has 5 heteroatoms. The number of aryl methyl sites for hydroxylation is 2. The maximum absolute atomic E-state index is 12.5. The Balaban J connectivity index is 2.18. The van der Waals surface area contributed by atoms with E-state index in [0.717, 1.165) is 5.56 Å². The summed E-state index contributed by atoms with van der Waals surface area (Å²) >= 11 is 0. The van der Waals surface area contributed by atoms with Crippen LogP contribution in [0.2, 0.25) is 0 Å². The Bertz CT molecular complexity index is 705. The lowest BCUT2D eigenvalue weighted by molar-refractivity contribution is -0.129. The molecule has 1 amide bonds. The number of carboxylic acids is 1. The van der Waals surface area contributed by atoms with Gasteiger partial charge in [-0.2, -0.15) is 0 Å². The second-order valence-electron chi connectivity index (χ2n) is 5.64. The minimum atomic E-state index is -0.983. The summed E-state index contributed by atoms with van der Waals surface area (Å²) in [5, 5.41) is 9.40. The molecular weight excluding hydrogens is 292 g/mol. The van der Waals surface area contributed by atoms with E-state index in [-0.39, 0.29) is 17.9 Å². The lowest BCUT2D eigenvalue weighted by Gasteiger charge is -2.18. The van der Waals surface area contributed by atoms with Gasteiger partial charge < -0.3 is 14.6 Å². The highest BCUT2D eigenvalue weighted by Crippen LogP contribution is 2.19. The molecule has 0 fully saturated rings. The van der Waals surface area contributed by atoms with Gasteiger partial charge in [0.15, 0.2) is 0 Å². The van der Waals surface area contributed by atoms with Crippen molar-refractivity contribution in [3.63, 3.8) is 0 Å². The zero-order valence-electron chi connectivity index (χ0n) is 13.7. The predicted octanol–water partition coefficient (Wildman–Crippen LogP) is 2.72. The first-order valence-electron chi connectivity index (χ1n) is 7.63. The number of amides is 1. The van der Waals surface area contributed by atoms with E-state index in [0.29, 0.717) is 24.3 Å². The summed E-state index contributed by atoms with van der Waals surface area (Å²) in [6.07, 6.45) is 1.88. The van der Waals surface area contributed by atoms with Crippen molar-refractivity contribution < 1.29 is 14.7 Å². The number of aromatic nitrogens is 1. The smallest absolute Gasteiger partial charge is 0.337 e. The van der Waals surface area contributed by atoms with Crippen molar-refractivity contribution in [2.45, 2.75) is 33.4 Å². The number of benzene rings is 1. The van der Waals surface area contributed by atoms with E-state index in [2.05, 4.69) is 0 Å². The molecule has 5 nitrogen and oxygen atoms in total. The highest BCUT2D eigenvalue weighted by Gasteiger charge is 2.22. The van der Waals surface area contributed by atoms with Crippen molar-refractivity contribution in [1.29, 1.82) is 0 Å². The van der Waals surface area contributed by atoms with E-state index in [9.17, 15) is 14.7 Å². The summed E-state index contributed by atoms with van der Waals surface area (Å²) < 4.78 is 1.84. The van der Waals surface area contributed by atoms with Crippen LogP contribution in [-0.2, 0) is 24.3 Å². The number of likely N-dealkylation sites (N-methyl/N-ethyl adjacent to an activating group) is 1. The molecule has 1 N–H and O–H groups in total. The lowest BCUT2D eigenvalue weighted by atomic mass is 10.1. The van der Waals surface area contributed by atoms with Crippen LogP contribution in [0, 0.1) is 6.92 Å². The summed E-state index contributed by atoms with van der Waals surface area (Å²) in [5.41, 5.74) is 2.55. The number of hydrogen-bond donors (Lipinski definition) is 1. The molecule has 2 aromatic rings. The summed E-state index contributed by atoms with van der Waals surface area (Å²) in [7, 11) is 1.74. The van der Waals surface area contributed by atoms with Crippen LogP contribution in [0.1, 0.15) is 34.1 Å². The summed E-state index contributed by atoms with van der Waals surface area (Å²) in [6, 6.07) is 9.72. The van der Waals surface area contributed by atoms with Gasteiger partial charge >= 0.3 is 5.97 Å². The van der Waals surface area contributed by atoms with Crippen molar-refractivity contribution in [3.05, 3.63) is 58.9 Å². The monoisotopic (exact) mass is 314 g/mol. The van der Waals surface area contributed by atoms with Crippen LogP contribution in [0.5, 0.6) is 0 Å². The van der Waals surface area contributed by atoms with Crippen LogP contribution in [0.25, 0.3) is 0 Å². The summed E-state index contributed by atoms with van der Waals surface area (Å²) in [5.74, 6) is -1.08. The van der Waals surface area contributed by atoms with Gasteiger partial charge in [-0.25, -0.2) is 4.79 Å². The van der Waals surface area contributed by atoms with E-state index >= 15 is 0 Å². The highest BCUT2D eigenvalue weighted by atomic mass is 16.4. The largest absolute Gasteiger partial charge is 0.478 e. The molecule has 1 aromatic carbocycles. The van der Waals surface area contributed by atoms with Crippen LogP contribution >= 0.6 is 0 Å². The predicted molar refractivity (Wildman–Crippen MR) is 88.4 cm³/mol. The van der Waals surface area contributed by atoms with Crippen molar-refractivity contribution in [2.75, 3.05) is 7.05 Å². The number of aromatic carboxylic acids is 1. The first-order valence-corrected chi connectivity index (χ1v) is 7.63. The highest BCUT2D eigenvalue weighted by molar-refractivity contribution is 5.93. The Hall–Kier alpha value is -2.56. The SMILES string of the molecule is CCn1cc(C)c(C(=O)O)c1CC(=O)N(C)Cc1ccccc1. The number of carbonyl (C=O) groups is 2. The van der Waals surface area contributed by atoms with E-state index in [1.165, 1.54) is 0 Å². The van der Waals surface area contributed by atoms with Gasteiger partial charge in [-0.1, -0.05) is 30.3 Å². The van der Waals surface area contributed by atoms with Gasteiger partial charge in [-0.3, -0.25) is 4.79 Å². The van der Waals surface area contributed by atoms with Gasteiger partial charge in [0.2, 0.25) is 5.91 Å². The average molecular weight is 314 g/mol. The molecule has 0 unspecified atom stereocenters. The molecule has 2 rings (SSSR count). The van der Waals surface area contributed by atoms with Crippen LogP contribution in [0.3, 0.4) is 0 Å². The van der Waals surface area contributed by atoms with E-state index in [1.54, 1.807) is 25.1 Å². The summed E-state index contributed by atoms with van der Waals surface area (Å²) in [6.45, 7) is 4.84. The van der Waals surface area contributed by atoms with Crippen molar-refractivity contribution in [2.24, 2.45) is 0 Å². The number of carbonyl (C=O) groups excluding carboxylic acids is 1. The van der Waals surface area contributed by atoms with Crippen molar-refractivity contribution >= 4 is 11.9 Å². The fourth-order valence-electron chi connectivity index (χ4n) is 2.74. The molecule has 0 spiro atoms. The maximum atomic E-state index is 12.5. The molecule has 0 saturated carbocycles. The second-order valence-corrected chi connectivity index (χ2v) is 5.64. The Labute approximate surface area is 136 Å². The van der Waals surface area contributed by atoms with E-state index in [1.807, 2.05) is 41.8 Å². The molecule has 0 aliphatic heterocycles. The quantitative estimate of drug-likeness (QED) is 0.891. The molecule has 1 heterocycles. The molecule has 0 aliphatic rings. The minimum Gasteiger partial charge on any atom is -0.478 e. The van der Waals surface area contributed by atoms with Crippen LogP contribution in [0.15, 0.2) is 36.5 Å². The fraction of sp³-hybridized carbons (Fsp3) is 0.333. The van der Waals surface area contributed by atoms with Gasteiger partial charge in [0.05, 0.1) is 12.0 Å². The molecular formula is C18H22N2O3. The topological polar surface area (TPSA) is 62.5 Å². The second kappa shape index (κ2) is 7.13. The molecule has 122 valence electrons. The fourth-order valence-corrected chi connectivity index (χ4v) is 2.74. The molecule has 0 bridgehead atoms. The van der Waals surface area contributed by atoms with E-state index < -0.39 is 5.97 Å². The van der Waals surface area contributed by atoms with Gasteiger partial charge in [0.25, 0.3) is 0 Å². The molecule has 0 saturated heterocycles. The molecule has 0 radical (unpaired) electrons. The normalized spacial score (nSPS) is 10.6. The standard InChI is InChI=1S/C18H22N2O3/c1-4-20-11-13(2)17(18(22)23)15(20)10-16(21)19(3)12-14-8-6-5-7-9-14/h5-9,11H,4,10,12H2,1-3H3,(H,22,23). The first-order chi connectivity index (χ1) is 10.9. The Morgan fingerprint density at radius 3 is 2.43 bits per heavy atom. The van der Waals surface area contributed by atoms with Crippen molar-refractivity contribution in [1.82, 2.24) is 9.47 Å². The third-order valence-corrected chi connectivity index (χ3v) is 3.94. The molecule has 1 aromatic heterocycles. The van der Waals surface area contributed by atoms with Crippen molar-refractivity contribution in [3.8, 4) is 0 Å². The number of nitrogens with zero attached hydrogens (tertiary/aromatic N) is 2. The number of hydrogen-bond acceptors (Lipinski definition) is 2. The number of rotatable bonds is 6. The molecule has 0 aliphatic carbocycles. The number of carboxylic acid groups (broad SMARTS) is 1.